The molecular weight excluding hydrogens is 344 g/mol. The number of nitrogens with one attached hydrogen (secondary N) is 1. The molecule has 0 fully saturated rings. The molecule has 0 atom stereocenters. The Hall–Kier alpha value is -2.37. The molecule has 0 aliphatic carbocycles. The molecule has 3 aromatic rings. The summed E-state index contributed by atoms with van der Waals surface area (Å²) in [5.41, 5.74) is 2.09. The van der Waals surface area contributed by atoms with Gasteiger partial charge in [0.2, 0.25) is 5.91 Å². The molecule has 3 rings (SSSR count). The van der Waals surface area contributed by atoms with E-state index >= 15 is 0 Å². The van der Waals surface area contributed by atoms with Gasteiger partial charge in [0.1, 0.15) is 5.76 Å². The fraction of sp³-hybridized carbons (Fsp3) is 0.286. The summed E-state index contributed by atoms with van der Waals surface area (Å²) in [7, 11) is 0. The Bertz CT molecular complexity index is 757. The highest BCUT2D eigenvalue weighted by Crippen LogP contribution is 2.18. The van der Waals surface area contributed by atoms with Crippen LogP contribution >= 0.6 is 11.3 Å². The van der Waals surface area contributed by atoms with Crippen LogP contribution in [0.5, 0.6) is 0 Å². The van der Waals surface area contributed by atoms with Crippen molar-refractivity contribution in [3.05, 3.63) is 76.4 Å². The molecule has 4 nitrogen and oxygen atoms in total. The van der Waals surface area contributed by atoms with Crippen LogP contribution in [-0.2, 0) is 17.9 Å². The van der Waals surface area contributed by atoms with Crippen LogP contribution in [0.25, 0.3) is 0 Å². The summed E-state index contributed by atoms with van der Waals surface area (Å²) in [5.74, 6) is 1.32. The Labute approximate surface area is 158 Å². The molecule has 26 heavy (non-hydrogen) atoms. The number of furan rings is 1. The first kappa shape index (κ1) is 18.4. The molecule has 0 aliphatic rings. The Morgan fingerprint density at radius 1 is 1.12 bits per heavy atom. The van der Waals surface area contributed by atoms with Crippen LogP contribution in [0.2, 0.25) is 0 Å². The van der Waals surface area contributed by atoms with Crippen molar-refractivity contribution in [3.63, 3.8) is 0 Å². The third-order valence-electron chi connectivity index (χ3n) is 4.15. The van der Waals surface area contributed by atoms with Gasteiger partial charge in [0.15, 0.2) is 0 Å². The number of nitrogens with zero attached hydrogens (tertiary/aromatic N) is 1. The van der Waals surface area contributed by atoms with Gasteiger partial charge in [0.25, 0.3) is 0 Å². The maximum atomic E-state index is 12.5. The van der Waals surface area contributed by atoms with E-state index in [0.29, 0.717) is 19.0 Å². The van der Waals surface area contributed by atoms with Gasteiger partial charge in [-0.15, -0.1) is 11.3 Å². The molecule has 0 bridgehead atoms. The Balaban J connectivity index is 1.62. The summed E-state index contributed by atoms with van der Waals surface area (Å²) in [6.07, 6.45) is 1.66. The zero-order chi connectivity index (χ0) is 18.4. The number of amides is 1. The third kappa shape index (κ3) is 5.31. The van der Waals surface area contributed by atoms with Gasteiger partial charge >= 0.3 is 0 Å². The molecule has 0 aliphatic heterocycles. The van der Waals surface area contributed by atoms with Crippen molar-refractivity contribution >= 4 is 22.9 Å². The molecular formula is C21H24N2O2S. The highest BCUT2D eigenvalue weighted by molar-refractivity contribution is 7.09. The molecule has 1 N–H and O–H groups in total. The van der Waals surface area contributed by atoms with Crippen LogP contribution < -0.4 is 5.32 Å². The molecule has 0 saturated carbocycles. The van der Waals surface area contributed by atoms with Crippen LogP contribution in [0, 0.1) is 0 Å². The molecule has 0 unspecified atom stereocenters. The summed E-state index contributed by atoms with van der Waals surface area (Å²) in [5, 5.41) is 5.04. The second-order valence-electron chi connectivity index (χ2n) is 6.63. The van der Waals surface area contributed by atoms with E-state index in [0.717, 1.165) is 18.0 Å². The van der Waals surface area contributed by atoms with E-state index in [1.807, 2.05) is 30.3 Å². The number of rotatable bonds is 8. The van der Waals surface area contributed by atoms with E-state index in [9.17, 15) is 4.79 Å². The van der Waals surface area contributed by atoms with Gasteiger partial charge in [-0.1, -0.05) is 32.0 Å². The van der Waals surface area contributed by atoms with Crippen LogP contribution in [0.4, 0.5) is 5.69 Å². The topological polar surface area (TPSA) is 45.5 Å². The SMILES string of the molecule is CC(C)c1ccc(NC(=O)CN(Cc2ccco2)Cc2cccs2)cc1. The van der Waals surface area contributed by atoms with Crippen molar-refractivity contribution in [2.75, 3.05) is 11.9 Å². The van der Waals surface area contributed by atoms with Crippen LogP contribution in [0.1, 0.15) is 36.0 Å². The Morgan fingerprint density at radius 3 is 2.54 bits per heavy atom. The van der Waals surface area contributed by atoms with Crippen molar-refractivity contribution in [3.8, 4) is 0 Å². The summed E-state index contributed by atoms with van der Waals surface area (Å²) in [6.45, 7) is 5.95. The van der Waals surface area contributed by atoms with Gasteiger partial charge in [-0.25, -0.2) is 0 Å². The lowest BCUT2D eigenvalue weighted by Crippen LogP contribution is -2.32. The average Bonchev–Trinajstić information content (AvgIpc) is 3.29. The molecule has 5 heteroatoms. The van der Waals surface area contributed by atoms with Crippen molar-refractivity contribution in [1.29, 1.82) is 0 Å². The fourth-order valence-corrected chi connectivity index (χ4v) is 3.51. The Morgan fingerprint density at radius 2 is 1.92 bits per heavy atom. The number of benzene rings is 1. The van der Waals surface area contributed by atoms with Crippen molar-refractivity contribution in [2.45, 2.75) is 32.9 Å². The first-order chi connectivity index (χ1) is 12.6. The van der Waals surface area contributed by atoms with Gasteiger partial charge in [-0.05, 0) is 47.2 Å². The highest BCUT2D eigenvalue weighted by Gasteiger charge is 2.14. The molecule has 0 radical (unpaired) electrons. The average molecular weight is 369 g/mol. The zero-order valence-corrected chi connectivity index (χ0v) is 16.0. The second kappa shape index (κ2) is 8.83. The van der Waals surface area contributed by atoms with E-state index in [4.69, 9.17) is 4.42 Å². The molecule has 136 valence electrons. The molecule has 1 aromatic carbocycles. The van der Waals surface area contributed by atoms with Gasteiger partial charge < -0.3 is 9.73 Å². The lowest BCUT2D eigenvalue weighted by Gasteiger charge is -2.20. The van der Waals surface area contributed by atoms with Crippen molar-refractivity contribution in [2.24, 2.45) is 0 Å². The van der Waals surface area contributed by atoms with Gasteiger partial charge in [-0.3, -0.25) is 9.69 Å². The molecule has 2 heterocycles. The van der Waals surface area contributed by atoms with E-state index < -0.39 is 0 Å². The smallest absolute Gasteiger partial charge is 0.238 e. The predicted molar refractivity (Wildman–Crippen MR) is 106 cm³/mol. The monoisotopic (exact) mass is 368 g/mol. The normalized spacial score (nSPS) is 11.2. The minimum atomic E-state index is -0.0228. The minimum Gasteiger partial charge on any atom is -0.468 e. The zero-order valence-electron chi connectivity index (χ0n) is 15.1. The molecule has 0 saturated heterocycles. The predicted octanol–water partition coefficient (Wildman–Crippen LogP) is 5.11. The number of hydrogen-bond donors (Lipinski definition) is 1. The summed E-state index contributed by atoms with van der Waals surface area (Å²) in [4.78, 5) is 15.8. The van der Waals surface area contributed by atoms with Gasteiger partial charge in [0.05, 0.1) is 19.4 Å². The number of carbonyl (C=O) groups is 1. The first-order valence-corrected chi connectivity index (χ1v) is 9.65. The lowest BCUT2D eigenvalue weighted by atomic mass is 10.0. The number of carbonyl (C=O) groups excluding carboxylic acids is 1. The Kier molecular flexibility index (Phi) is 6.26. The summed E-state index contributed by atoms with van der Waals surface area (Å²) in [6, 6.07) is 16.0. The van der Waals surface area contributed by atoms with Gasteiger partial charge in [0, 0.05) is 17.1 Å². The highest BCUT2D eigenvalue weighted by atomic mass is 32.1. The second-order valence-corrected chi connectivity index (χ2v) is 7.66. The lowest BCUT2D eigenvalue weighted by molar-refractivity contribution is -0.117. The first-order valence-electron chi connectivity index (χ1n) is 8.77. The largest absolute Gasteiger partial charge is 0.468 e. The number of anilines is 1. The molecule has 1 amide bonds. The van der Waals surface area contributed by atoms with E-state index in [2.05, 4.69) is 47.6 Å². The van der Waals surface area contributed by atoms with Crippen molar-refractivity contribution in [1.82, 2.24) is 4.90 Å². The number of hydrogen-bond acceptors (Lipinski definition) is 4. The van der Waals surface area contributed by atoms with Crippen LogP contribution in [-0.4, -0.2) is 17.4 Å². The number of thiophene rings is 1. The quantitative estimate of drug-likeness (QED) is 0.601. The van der Waals surface area contributed by atoms with Gasteiger partial charge in [-0.2, -0.15) is 0 Å². The van der Waals surface area contributed by atoms with E-state index in [1.54, 1.807) is 17.6 Å². The maximum absolute atomic E-state index is 12.5. The molecule has 0 spiro atoms. The van der Waals surface area contributed by atoms with E-state index in [-0.39, 0.29) is 5.91 Å². The minimum absolute atomic E-state index is 0.0228. The van der Waals surface area contributed by atoms with Crippen molar-refractivity contribution < 1.29 is 9.21 Å². The van der Waals surface area contributed by atoms with Crippen LogP contribution in [0.15, 0.2) is 64.6 Å². The fourth-order valence-electron chi connectivity index (χ4n) is 2.77. The molecule has 2 aromatic heterocycles. The van der Waals surface area contributed by atoms with E-state index in [1.165, 1.54) is 10.4 Å². The third-order valence-corrected chi connectivity index (χ3v) is 5.01. The van der Waals surface area contributed by atoms with Crippen LogP contribution in [0.3, 0.4) is 0 Å². The summed E-state index contributed by atoms with van der Waals surface area (Å²) >= 11 is 1.70. The maximum Gasteiger partial charge on any atom is 0.238 e. The standard InChI is InChI=1S/C21H24N2O2S/c1-16(2)17-7-9-18(10-8-17)22-21(24)15-23(13-19-5-3-11-25-19)14-20-6-4-12-26-20/h3-12,16H,13-15H2,1-2H3,(H,22,24). The summed E-state index contributed by atoms with van der Waals surface area (Å²) < 4.78 is 5.45.